The largest absolute Gasteiger partial charge is 0.495 e. The molecule has 0 aromatic heterocycles. The van der Waals surface area contributed by atoms with Gasteiger partial charge in [-0.25, -0.2) is 4.39 Å². The summed E-state index contributed by atoms with van der Waals surface area (Å²) >= 11 is 0. The first kappa shape index (κ1) is 25.0. The topological polar surface area (TPSA) is 73.9 Å². The molecular formula is C28H31FN4O3. The number of nitrogens with one attached hydrogen (secondary N) is 2. The first-order valence-corrected chi connectivity index (χ1v) is 12.1. The van der Waals surface area contributed by atoms with Gasteiger partial charge in [-0.2, -0.15) is 0 Å². The summed E-state index contributed by atoms with van der Waals surface area (Å²) in [6.07, 6.45) is 0.808. The number of rotatable bonds is 8. The lowest BCUT2D eigenvalue weighted by molar-refractivity contribution is 0.0952. The van der Waals surface area contributed by atoms with Gasteiger partial charge in [-0.05, 0) is 48.9 Å². The van der Waals surface area contributed by atoms with Gasteiger partial charge < -0.3 is 25.2 Å². The van der Waals surface area contributed by atoms with Crippen LogP contribution in [-0.2, 0) is 0 Å². The molecule has 2 amide bonds. The number of anilines is 3. The van der Waals surface area contributed by atoms with Crippen molar-refractivity contribution in [3.8, 4) is 5.75 Å². The Morgan fingerprint density at radius 3 is 2.22 bits per heavy atom. The fraction of sp³-hybridized carbons (Fsp3) is 0.286. The molecule has 2 N–H and O–H groups in total. The summed E-state index contributed by atoms with van der Waals surface area (Å²) in [5, 5.41) is 5.66. The summed E-state index contributed by atoms with van der Waals surface area (Å²) in [5.41, 5.74) is 2.70. The molecule has 4 rings (SSSR count). The highest BCUT2D eigenvalue weighted by molar-refractivity contribution is 6.06. The second-order valence-electron chi connectivity index (χ2n) is 8.57. The van der Waals surface area contributed by atoms with Crippen molar-refractivity contribution in [1.29, 1.82) is 0 Å². The van der Waals surface area contributed by atoms with Crippen LogP contribution in [-0.4, -0.2) is 51.6 Å². The van der Waals surface area contributed by atoms with Gasteiger partial charge in [-0.3, -0.25) is 9.59 Å². The van der Waals surface area contributed by atoms with E-state index in [0.29, 0.717) is 30.9 Å². The van der Waals surface area contributed by atoms with Crippen LogP contribution >= 0.6 is 0 Å². The molecule has 0 atom stereocenters. The maximum absolute atomic E-state index is 14.1. The van der Waals surface area contributed by atoms with Crippen molar-refractivity contribution >= 4 is 28.9 Å². The van der Waals surface area contributed by atoms with Crippen molar-refractivity contribution in [3.63, 3.8) is 0 Å². The Bertz CT molecular complexity index is 1220. The first-order valence-electron chi connectivity index (χ1n) is 12.1. The number of carbonyl (C=O) groups is 2. The number of methoxy groups -OCH3 is 1. The van der Waals surface area contributed by atoms with E-state index < -0.39 is 11.7 Å². The highest BCUT2D eigenvalue weighted by atomic mass is 19.1. The van der Waals surface area contributed by atoms with Crippen molar-refractivity contribution in [1.82, 2.24) is 5.32 Å². The molecule has 0 radical (unpaired) electrons. The molecule has 3 aromatic rings. The quantitative estimate of drug-likeness (QED) is 0.485. The molecule has 0 bridgehead atoms. The number of amides is 2. The minimum absolute atomic E-state index is 0.0500. The SMILES string of the molecule is CCCNC(=O)c1cc(NC(=O)c2ccccc2F)ccc1N1CCN(c2ccccc2OC)CC1. The monoisotopic (exact) mass is 490 g/mol. The zero-order valence-corrected chi connectivity index (χ0v) is 20.6. The van der Waals surface area contributed by atoms with E-state index in [1.807, 2.05) is 37.3 Å². The van der Waals surface area contributed by atoms with Crippen LogP contribution in [0.4, 0.5) is 21.5 Å². The average Bonchev–Trinajstić information content (AvgIpc) is 2.92. The number of para-hydroxylation sites is 2. The lowest BCUT2D eigenvalue weighted by atomic mass is 10.1. The zero-order valence-electron chi connectivity index (χ0n) is 20.6. The van der Waals surface area contributed by atoms with E-state index >= 15 is 0 Å². The smallest absolute Gasteiger partial charge is 0.258 e. The molecule has 1 fully saturated rings. The summed E-state index contributed by atoms with van der Waals surface area (Å²) in [6.45, 7) is 5.50. The maximum Gasteiger partial charge on any atom is 0.258 e. The number of carbonyl (C=O) groups excluding carboxylic acids is 2. The standard InChI is InChI=1S/C28H31FN4O3/c1-3-14-30-27(34)22-19-20(31-28(35)21-8-4-5-9-23(21)29)12-13-24(22)32-15-17-33(18-16-32)25-10-6-7-11-26(25)36-2/h4-13,19H,3,14-18H2,1-2H3,(H,30,34)(H,31,35). The van der Waals surface area contributed by atoms with Crippen molar-refractivity contribution in [2.75, 3.05) is 55.0 Å². The second-order valence-corrected chi connectivity index (χ2v) is 8.57. The minimum atomic E-state index is -0.597. The van der Waals surface area contributed by atoms with Gasteiger partial charge in [0, 0.05) is 44.1 Å². The summed E-state index contributed by atoms with van der Waals surface area (Å²) in [5.74, 6) is -0.534. The molecule has 1 aliphatic rings. The van der Waals surface area contributed by atoms with Gasteiger partial charge in [0.15, 0.2) is 0 Å². The van der Waals surface area contributed by atoms with E-state index in [1.165, 1.54) is 18.2 Å². The lowest BCUT2D eigenvalue weighted by Crippen LogP contribution is -2.47. The molecule has 1 heterocycles. The Kier molecular flexibility index (Phi) is 8.05. The Hall–Kier alpha value is -4.07. The molecule has 0 unspecified atom stereocenters. The Morgan fingerprint density at radius 1 is 0.861 bits per heavy atom. The van der Waals surface area contributed by atoms with Crippen LogP contribution in [0.3, 0.4) is 0 Å². The lowest BCUT2D eigenvalue weighted by Gasteiger charge is -2.38. The normalized spacial score (nSPS) is 13.3. The van der Waals surface area contributed by atoms with Crippen LogP contribution < -0.4 is 25.2 Å². The molecule has 0 spiro atoms. The molecule has 0 saturated carbocycles. The molecule has 0 aliphatic carbocycles. The number of hydrogen-bond donors (Lipinski definition) is 2. The van der Waals surface area contributed by atoms with Crippen molar-refractivity contribution < 1.29 is 18.7 Å². The summed E-state index contributed by atoms with van der Waals surface area (Å²) in [7, 11) is 1.67. The molecule has 8 heteroatoms. The number of nitrogens with zero attached hydrogens (tertiary/aromatic N) is 2. The van der Waals surface area contributed by atoms with E-state index in [9.17, 15) is 14.0 Å². The van der Waals surface area contributed by atoms with E-state index in [1.54, 1.807) is 25.3 Å². The molecule has 3 aromatic carbocycles. The number of hydrogen-bond acceptors (Lipinski definition) is 5. The van der Waals surface area contributed by atoms with Gasteiger partial charge in [0.2, 0.25) is 0 Å². The number of piperazine rings is 1. The van der Waals surface area contributed by atoms with Gasteiger partial charge in [0.1, 0.15) is 11.6 Å². The van der Waals surface area contributed by atoms with E-state index in [-0.39, 0.29) is 11.5 Å². The van der Waals surface area contributed by atoms with Crippen molar-refractivity contribution in [2.24, 2.45) is 0 Å². The number of ether oxygens (including phenoxy) is 1. The molecule has 1 aliphatic heterocycles. The van der Waals surface area contributed by atoms with E-state index in [4.69, 9.17) is 4.74 Å². The fourth-order valence-corrected chi connectivity index (χ4v) is 4.33. The summed E-state index contributed by atoms with van der Waals surface area (Å²) in [6, 6.07) is 19.0. The second kappa shape index (κ2) is 11.6. The molecular weight excluding hydrogens is 459 g/mol. The van der Waals surface area contributed by atoms with Gasteiger partial charge in [-0.15, -0.1) is 0 Å². The maximum atomic E-state index is 14.1. The summed E-state index contributed by atoms with van der Waals surface area (Å²) < 4.78 is 19.6. The highest BCUT2D eigenvalue weighted by Gasteiger charge is 2.24. The third-order valence-corrected chi connectivity index (χ3v) is 6.20. The third-order valence-electron chi connectivity index (χ3n) is 6.20. The summed E-state index contributed by atoms with van der Waals surface area (Å²) in [4.78, 5) is 30.1. The third kappa shape index (κ3) is 5.59. The van der Waals surface area contributed by atoms with Crippen molar-refractivity contribution in [3.05, 3.63) is 83.7 Å². The zero-order chi connectivity index (χ0) is 25.5. The van der Waals surface area contributed by atoms with Crippen LogP contribution in [0.25, 0.3) is 0 Å². The van der Waals surface area contributed by atoms with Crippen LogP contribution in [0.5, 0.6) is 5.75 Å². The predicted molar refractivity (Wildman–Crippen MR) is 141 cm³/mol. The molecule has 7 nitrogen and oxygen atoms in total. The molecule has 1 saturated heterocycles. The van der Waals surface area contributed by atoms with Crippen LogP contribution in [0.15, 0.2) is 66.7 Å². The van der Waals surface area contributed by atoms with Crippen molar-refractivity contribution in [2.45, 2.75) is 13.3 Å². The molecule has 188 valence electrons. The van der Waals surface area contributed by atoms with E-state index in [2.05, 4.69) is 20.4 Å². The van der Waals surface area contributed by atoms with E-state index in [0.717, 1.165) is 36.6 Å². The first-order chi connectivity index (χ1) is 17.5. The highest BCUT2D eigenvalue weighted by Crippen LogP contribution is 2.31. The number of halogens is 1. The minimum Gasteiger partial charge on any atom is -0.495 e. The van der Waals surface area contributed by atoms with Gasteiger partial charge >= 0.3 is 0 Å². The Balaban J connectivity index is 1.54. The Labute approximate surface area is 210 Å². The average molecular weight is 491 g/mol. The Morgan fingerprint density at radius 2 is 1.53 bits per heavy atom. The predicted octanol–water partition coefficient (Wildman–Crippen LogP) is 4.55. The fourth-order valence-electron chi connectivity index (χ4n) is 4.33. The van der Waals surface area contributed by atoms with Crippen LogP contribution in [0.2, 0.25) is 0 Å². The number of benzene rings is 3. The molecule has 36 heavy (non-hydrogen) atoms. The van der Waals surface area contributed by atoms with Gasteiger partial charge in [0.05, 0.1) is 23.9 Å². The van der Waals surface area contributed by atoms with Gasteiger partial charge in [0.25, 0.3) is 11.8 Å². The van der Waals surface area contributed by atoms with Crippen LogP contribution in [0, 0.1) is 5.82 Å². The van der Waals surface area contributed by atoms with Gasteiger partial charge in [-0.1, -0.05) is 31.2 Å². The van der Waals surface area contributed by atoms with Crippen LogP contribution in [0.1, 0.15) is 34.1 Å².